The van der Waals surface area contributed by atoms with Gasteiger partial charge in [0.05, 0.1) is 21.1 Å². The molecule has 0 saturated heterocycles. The van der Waals surface area contributed by atoms with Crippen LogP contribution in [0.2, 0.25) is 15.1 Å². The van der Waals surface area contributed by atoms with Crippen molar-refractivity contribution < 1.29 is 4.79 Å². The molecule has 1 N–H and O–H groups in total. The fourth-order valence-electron chi connectivity index (χ4n) is 2.27. The summed E-state index contributed by atoms with van der Waals surface area (Å²) in [6.45, 7) is 0. The van der Waals surface area contributed by atoms with Gasteiger partial charge in [-0.05, 0) is 36.4 Å². The molecular formula is C16H9Cl4N3O2. The van der Waals surface area contributed by atoms with Crippen molar-refractivity contribution in [2.75, 3.05) is 11.2 Å². The fourth-order valence-corrected chi connectivity index (χ4v) is 2.78. The number of rotatable bonds is 3. The van der Waals surface area contributed by atoms with E-state index in [4.69, 9.17) is 46.4 Å². The van der Waals surface area contributed by atoms with Crippen LogP contribution < -0.4 is 10.9 Å². The van der Waals surface area contributed by atoms with E-state index >= 15 is 0 Å². The molecular weight excluding hydrogens is 408 g/mol. The van der Waals surface area contributed by atoms with Gasteiger partial charge in [-0.3, -0.25) is 14.2 Å². The van der Waals surface area contributed by atoms with Crippen LogP contribution in [-0.2, 0) is 4.79 Å². The van der Waals surface area contributed by atoms with Crippen LogP contribution in [0.4, 0.5) is 5.82 Å². The first-order chi connectivity index (χ1) is 11.9. The number of nitrogens with one attached hydrogen (secondary N) is 1. The second-order valence-corrected chi connectivity index (χ2v) is 6.53. The Morgan fingerprint density at radius 2 is 1.72 bits per heavy atom. The van der Waals surface area contributed by atoms with Gasteiger partial charge in [0.2, 0.25) is 11.7 Å². The van der Waals surface area contributed by atoms with E-state index < -0.39 is 11.5 Å². The highest BCUT2D eigenvalue weighted by atomic mass is 35.5. The fraction of sp³-hybridized carbons (Fsp3) is 0.0625. The molecule has 3 aromatic rings. The zero-order valence-corrected chi connectivity index (χ0v) is 15.4. The zero-order valence-electron chi connectivity index (χ0n) is 12.4. The quantitative estimate of drug-likeness (QED) is 0.638. The highest BCUT2D eigenvalue weighted by Crippen LogP contribution is 2.28. The Kier molecular flexibility index (Phi) is 5.20. The maximum absolute atomic E-state index is 12.8. The Labute approximate surface area is 162 Å². The smallest absolute Gasteiger partial charge is 0.298 e. The minimum absolute atomic E-state index is 0.161. The highest BCUT2D eigenvalue weighted by Gasteiger charge is 2.16. The van der Waals surface area contributed by atoms with Crippen LogP contribution in [0.25, 0.3) is 16.7 Å². The molecule has 0 saturated carbocycles. The average molecular weight is 417 g/mol. The largest absolute Gasteiger partial charge is 0.305 e. The molecule has 1 aromatic heterocycles. The lowest BCUT2D eigenvalue weighted by atomic mass is 10.2. The van der Waals surface area contributed by atoms with E-state index in [1.165, 1.54) is 16.7 Å². The van der Waals surface area contributed by atoms with Gasteiger partial charge in [-0.25, -0.2) is 4.98 Å². The maximum Gasteiger partial charge on any atom is 0.298 e. The van der Waals surface area contributed by atoms with Gasteiger partial charge >= 0.3 is 0 Å². The van der Waals surface area contributed by atoms with Crippen LogP contribution in [-0.4, -0.2) is 21.3 Å². The molecule has 0 unspecified atom stereocenters. The molecule has 1 amide bonds. The van der Waals surface area contributed by atoms with Gasteiger partial charge in [0.1, 0.15) is 5.88 Å². The molecule has 3 rings (SSSR count). The number of carbonyl (C=O) groups excluding carboxylic acids is 1. The van der Waals surface area contributed by atoms with E-state index in [0.717, 1.165) is 0 Å². The number of hydrogen-bond acceptors (Lipinski definition) is 3. The van der Waals surface area contributed by atoms with Gasteiger partial charge < -0.3 is 5.32 Å². The number of fused-ring (bicyclic) bond motifs is 1. The second kappa shape index (κ2) is 7.22. The van der Waals surface area contributed by atoms with E-state index in [2.05, 4.69) is 10.3 Å². The van der Waals surface area contributed by atoms with E-state index in [1.54, 1.807) is 24.3 Å². The van der Waals surface area contributed by atoms with Crippen LogP contribution in [0.1, 0.15) is 0 Å². The number of alkyl halides is 1. The number of nitrogens with zero attached hydrogens (tertiary/aromatic N) is 2. The van der Waals surface area contributed by atoms with Gasteiger partial charge in [-0.15, -0.1) is 11.6 Å². The summed E-state index contributed by atoms with van der Waals surface area (Å²) in [6, 6.07) is 9.67. The Morgan fingerprint density at radius 3 is 2.36 bits per heavy atom. The second-order valence-electron chi connectivity index (χ2n) is 5.01. The summed E-state index contributed by atoms with van der Waals surface area (Å²) in [5, 5.41) is 3.46. The summed E-state index contributed by atoms with van der Waals surface area (Å²) in [6.07, 6.45) is 0. The topological polar surface area (TPSA) is 64.0 Å². The van der Waals surface area contributed by atoms with Crippen LogP contribution in [0.3, 0.4) is 0 Å². The number of benzene rings is 2. The van der Waals surface area contributed by atoms with Gasteiger partial charge in [0.25, 0.3) is 5.56 Å². The molecule has 1 heterocycles. The zero-order chi connectivity index (χ0) is 18.1. The van der Waals surface area contributed by atoms with Crippen molar-refractivity contribution >= 4 is 69.2 Å². The predicted octanol–water partition coefficient (Wildman–Crippen LogP) is 4.52. The van der Waals surface area contributed by atoms with Gasteiger partial charge in [-0.2, -0.15) is 0 Å². The maximum atomic E-state index is 12.8. The number of aromatic nitrogens is 2. The SMILES string of the molecule is O=C(CCl)Nc1nc2cc(Cl)c(Cl)cc2n(-c2ccc(Cl)cc2)c1=O. The molecule has 0 aliphatic heterocycles. The summed E-state index contributed by atoms with van der Waals surface area (Å²) in [5.74, 6) is -1.01. The molecule has 2 aromatic carbocycles. The molecule has 0 fully saturated rings. The summed E-state index contributed by atoms with van der Waals surface area (Å²) in [5.41, 5.74) is 0.813. The van der Waals surface area contributed by atoms with Crippen molar-refractivity contribution in [2.45, 2.75) is 0 Å². The number of hydrogen-bond donors (Lipinski definition) is 1. The average Bonchev–Trinajstić information content (AvgIpc) is 2.59. The van der Waals surface area contributed by atoms with Crippen LogP contribution in [0, 0.1) is 0 Å². The summed E-state index contributed by atoms with van der Waals surface area (Å²) < 4.78 is 1.37. The standard InChI is InChI=1S/C16H9Cl4N3O2/c17-7-14(24)22-15-16(25)23(9-3-1-8(18)2-4-9)13-6-11(20)10(19)5-12(13)21-15/h1-6H,7H2,(H,21,22,24). The number of carbonyl (C=O) groups is 1. The lowest BCUT2D eigenvalue weighted by Gasteiger charge is -2.13. The molecule has 0 bridgehead atoms. The number of anilines is 1. The third kappa shape index (κ3) is 3.60. The highest BCUT2D eigenvalue weighted by molar-refractivity contribution is 6.42. The minimum Gasteiger partial charge on any atom is -0.305 e. The monoisotopic (exact) mass is 415 g/mol. The molecule has 0 aliphatic carbocycles. The first kappa shape index (κ1) is 18.0. The molecule has 5 nitrogen and oxygen atoms in total. The number of amides is 1. The Bertz CT molecular complexity index is 1030. The van der Waals surface area contributed by atoms with Gasteiger partial charge in [0, 0.05) is 10.7 Å². The Hall–Kier alpha value is -1.79. The van der Waals surface area contributed by atoms with Gasteiger partial charge in [0.15, 0.2) is 0 Å². The van der Waals surface area contributed by atoms with E-state index in [0.29, 0.717) is 21.7 Å². The van der Waals surface area contributed by atoms with Crippen molar-refractivity contribution in [1.82, 2.24) is 9.55 Å². The molecule has 128 valence electrons. The van der Waals surface area contributed by atoms with Crippen molar-refractivity contribution in [1.29, 1.82) is 0 Å². The first-order valence-corrected chi connectivity index (χ1v) is 8.61. The normalized spacial score (nSPS) is 10.9. The van der Waals surface area contributed by atoms with Crippen LogP contribution >= 0.6 is 46.4 Å². The van der Waals surface area contributed by atoms with E-state index in [1.807, 2.05) is 0 Å². The van der Waals surface area contributed by atoms with E-state index in [9.17, 15) is 9.59 Å². The van der Waals surface area contributed by atoms with E-state index in [-0.39, 0.29) is 21.7 Å². The Morgan fingerprint density at radius 1 is 1.08 bits per heavy atom. The predicted molar refractivity (Wildman–Crippen MR) is 102 cm³/mol. The summed E-state index contributed by atoms with van der Waals surface area (Å²) >= 11 is 23.5. The van der Waals surface area contributed by atoms with Crippen molar-refractivity contribution in [3.05, 3.63) is 61.8 Å². The molecule has 0 aliphatic rings. The molecule has 0 atom stereocenters. The molecule has 25 heavy (non-hydrogen) atoms. The van der Waals surface area contributed by atoms with Crippen molar-refractivity contribution in [3.63, 3.8) is 0 Å². The molecule has 0 radical (unpaired) electrons. The lowest BCUT2D eigenvalue weighted by Crippen LogP contribution is -2.27. The lowest BCUT2D eigenvalue weighted by molar-refractivity contribution is -0.113. The van der Waals surface area contributed by atoms with Crippen LogP contribution in [0.5, 0.6) is 0 Å². The van der Waals surface area contributed by atoms with Gasteiger partial charge in [-0.1, -0.05) is 34.8 Å². The summed E-state index contributed by atoms with van der Waals surface area (Å²) in [7, 11) is 0. The Balaban J connectivity index is 2.36. The first-order valence-electron chi connectivity index (χ1n) is 6.94. The van der Waals surface area contributed by atoms with Crippen molar-refractivity contribution in [2.24, 2.45) is 0 Å². The molecule has 9 heteroatoms. The summed E-state index contributed by atoms with van der Waals surface area (Å²) in [4.78, 5) is 28.6. The molecule has 0 spiro atoms. The third-order valence-corrected chi connectivity index (χ3v) is 4.58. The number of halogens is 4. The van der Waals surface area contributed by atoms with Crippen molar-refractivity contribution in [3.8, 4) is 5.69 Å². The van der Waals surface area contributed by atoms with Crippen LogP contribution in [0.15, 0.2) is 41.2 Å². The minimum atomic E-state index is -0.548. The third-order valence-electron chi connectivity index (χ3n) is 3.36.